The second kappa shape index (κ2) is 6.92. The van der Waals surface area contributed by atoms with Gasteiger partial charge >= 0.3 is 12.1 Å². The van der Waals surface area contributed by atoms with Gasteiger partial charge in [-0.15, -0.1) is 0 Å². The Balaban J connectivity index is 1.64. The molecule has 1 fully saturated rings. The molecule has 0 spiro atoms. The smallest absolute Gasteiger partial charge is 0.360 e. The molecule has 3 aromatic rings. The lowest BCUT2D eigenvalue weighted by molar-refractivity contribution is -0.159. The highest BCUT2D eigenvalue weighted by atomic mass is 19.4. The van der Waals surface area contributed by atoms with Crippen LogP contribution in [-0.4, -0.2) is 26.8 Å². The van der Waals surface area contributed by atoms with Gasteiger partial charge in [-0.2, -0.15) is 23.1 Å². The fraction of sp³-hybridized carbons (Fsp3) is 0.444. The van der Waals surface area contributed by atoms with E-state index in [9.17, 15) is 13.2 Å². The van der Waals surface area contributed by atoms with Crippen LogP contribution in [0.25, 0.3) is 11.4 Å². The number of benzene rings is 1. The summed E-state index contributed by atoms with van der Waals surface area (Å²) in [6.07, 6.45) is -1.68. The topological polar surface area (TPSA) is 81.1 Å². The van der Waals surface area contributed by atoms with Crippen LogP contribution in [0.1, 0.15) is 48.5 Å². The molecule has 0 N–H and O–H groups in total. The van der Waals surface area contributed by atoms with E-state index in [-0.39, 0.29) is 11.9 Å². The number of rotatable bonds is 3. The predicted octanol–water partition coefficient (Wildman–Crippen LogP) is 4.49. The zero-order valence-electron chi connectivity index (χ0n) is 15.3. The Bertz CT molecular complexity index is 982. The summed E-state index contributed by atoms with van der Waals surface area (Å²) in [5.74, 6) is -0.274. The number of aryl methyl sites for hydroxylation is 2. The van der Waals surface area contributed by atoms with Crippen LogP contribution in [0.5, 0.6) is 0 Å². The van der Waals surface area contributed by atoms with Crippen molar-refractivity contribution in [1.82, 2.24) is 20.3 Å². The van der Waals surface area contributed by atoms with Crippen LogP contribution in [0, 0.1) is 13.8 Å². The third-order valence-electron chi connectivity index (χ3n) is 4.78. The quantitative estimate of drug-likeness (QED) is 0.649. The molecule has 148 valence electrons. The van der Waals surface area contributed by atoms with Crippen LogP contribution in [0.4, 0.5) is 18.9 Å². The molecule has 0 bridgehead atoms. The highest BCUT2D eigenvalue weighted by molar-refractivity contribution is 5.65. The summed E-state index contributed by atoms with van der Waals surface area (Å²) in [7, 11) is 0. The zero-order valence-corrected chi connectivity index (χ0v) is 15.3. The molecule has 1 atom stereocenters. The molecule has 28 heavy (non-hydrogen) atoms. The largest absolute Gasteiger partial charge is 0.471 e. The lowest BCUT2D eigenvalue weighted by Gasteiger charge is -2.35. The van der Waals surface area contributed by atoms with Gasteiger partial charge in [0.25, 0.3) is 0 Å². The summed E-state index contributed by atoms with van der Waals surface area (Å²) in [5.41, 5.74) is 2.17. The fourth-order valence-corrected chi connectivity index (χ4v) is 3.47. The van der Waals surface area contributed by atoms with E-state index in [4.69, 9.17) is 4.52 Å². The molecule has 1 saturated heterocycles. The van der Waals surface area contributed by atoms with Gasteiger partial charge in [0.1, 0.15) is 6.04 Å². The summed E-state index contributed by atoms with van der Waals surface area (Å²) in [6, 6.07) is 5.43. The van der Waals surface area contributed by atoms with E-state index in [0.717, 1.165) is 37.1 Å². The number of nitrogens with zero attached hydrogens (tertiary/aromatic N) is 5. The molecule has 10 heteroatoms. The Morgan fingerprint density at radius 3 is 2.54 bits per heavy atom. The molecule has 1 aromatic carbocycles. The van der Waals surface area contributed by atoms with E-state index in [1.54, 1.807) is 19.9 Å². The zero-order chi connectivity index (χ0) is 19.9. The second-order valence-corrected chi connectivity index (χ2v) is 6.80. The van der Waals surface area contributed by atoms with Crippen molar-refractivity contribution in [1.29, 1.82) is 0 Å². The van der Waals surface area contributed by atoms with E-state index in [1.807, 2.05) is 12.1 Å². The van der Waals surface area contributed by atoms with Gasteiger partial charge in [-0.05, 0) is 56.9 Å². The van der Waals surface area contributed by atoms with Crippen molar-refractivity contribution < 1.29 is 22.2 Å². The number of anilines is 1. The molecule has 2 aromatic heterocycles. The van der Waals surface area contributed by atoms with Gasteiger partial charge < -0.3 is 13.9 Å². The first-order valence-corrected chi connectivity index (χ1v) is 8.91. The average Bonchev–Trinajstić information content (AvgIpc) is 3.31. The van der Waals surface area contributed by atoms with Crippen molar-refractivity contribution in [2.75, 3.05) is 11.4 Å². The van der Waals surface area contributed by atoms with Crippen molar-refractivity contribution in [3.8, 4) is 11.4 Å². The van der Waals surface area contributed by atoms with E-state index < -0.39 is 12.1 Å². The van der Waals surface area contributed by atoms with Gasteiger partial charge in [0.2, 0.25) is 11.7 Å². The van der Waals surface area contributed by atoms with Crippen LogP contribution in [-0.2, 0) is 6.18 Å². The van der Waals surface area contributed by atoms with Gasteiger partial charge in [0.15, 0.2) is 5.82 Å². The number of alkyl halides is 3. The number of aromatic nitrogens is 4. The monoisotopic (exact) mass is 393 g/mol. The molecule has 7 nitrogen and oxygen atoms in total. The number of hydrogen-bond acceptors (Lipinski definition) is 7. The van der Waals surface area contributed by atoms with Crippen molar-refractivity contribution in [2.24, 2.45) is 0 Å². The van der Waals surface area contributed by atoms with E-state index in [2.05, 4.69) is 29.7 Å². The summed E-state index contributed by atoms with van der Waals surface area (Å²) in [4.78, 5) is 10.0. The fourth-order valence-electron chi connectivity index (χ4n) is 3.47. The van der Waals surface area contributed by atoms with Crippen molar-refractivity contribution in [2.45, 2.75) is 45.3 Å². The Kier molecular flexibility index (Phi) is 4.56. The summed E-state index contributed by atoms with van der Waals surface area (Å²) in [5, 5.41) is 7.35. The first-order valence-electron chi connectivity index (χ1n) is 8.91. The highest BCUT2D eigenvalue weighted by Gasteiger charge is 2.38. The molecule has 0 saturated carbocycles. The SMILES string of the molecule is Cc1noc([C@H]2CCCCN2c2ccc(-c3noc(C(F)(F)F)n3)c(C)c2)n1. The highest BCUT2D eigenvalue weighted by Crippen LogP contribution is 2.36. The Morgan fingerprint density at radius 1 is 1.07 bits per heavy atom. The molecule has 0 unspecified atom stereocenters. The van der Waals surface area contributed by atoms with Gasteiger partial charge in [-0.1, -0.05) is 10.3 Å². The minimum atomic E-state index is -4.66. The maximum atomic E-state index is 12.7. The Hall–Kier alpha value is -2.91. The lowest BCUT2D eigenvalue weighted by atomic mass is 9.99. The maximum absolute atomic E-state index is 12.7. The lowest BCUT2D eigenvalue weighted by Crippen LogP contribution is -2.33. The predicted molar refractivity (Wildman–Crippen MR) is 92.4 cm³/mol. The normalized spacial score (nSPS) is 17.9. The molecule has 3 heterocycles. The van der Waals surface area contributed by atoms with E-state index >= 15 is 0 Å². The van der Waals surface area contributed by atoms with Gasteiger partial charge in [-0.3, -0.25) is 0 Å². The Labute approximate surface area is 158 Å². The summed E-state index contributed by atoms with van der Waals surface area (Å²) in [6.45, 7) is 4.41. The van der Waals surface area contributed by atoms with Crippen LogP contribution >= 0.6 is 0 Å². The second-order valence-electron chi connectivity index (χ2n) is 6.80. The van der Waals surface area contributed by atoms with Crippen molar-refractivity contribution >= 4 is 5.69 Å². The van der Waals surface area contributed by atoms with Gasteiger partial charge in [-0.25, -0.2) is 0 Å². The minimum Gasteiger partial charge on any atom is -0.360 e. The van der Waals surface area contributed by atoms with Crippen LogP contribution in [0.2, 0.25) is 0 Å². The van der Waals surface area contributed by atoms with Gasteiger partial charge in [0, 0.05) is 17.8 Å². The first-order chi connectivity index (χ1) is 13.3. The molecular weight excluding hydrogens is 375 g/mol. The van der Waals surface area contributed by atoms with Crippen LogP contribution in [0.15, 0.2) is 27.2 Å². The third kappa shape index (κ3) is 3.46. The number of piperidine rings is 1. The van der Waals surface area contributed by atoms with Crippen LogP contribution in [0.3, 0.4) is 0 Å². The minimum absolute atomic E-state index is 0.0257. The molecule has 0 amide bonds. The third-order valence-corrected chi connectivity index (χ3v) is 4.78. The molecule has 0 radical (unpaired) electrons. The van der Waals surface area contributed by atoms with Crippen molar-refractivity contribution in [3.05, 3.63) is 41.4 Å². The Morgan fingerprint density at radius 2 is 1.89 bits per heavy atom. The van der Waals surface area contributed by atoms with Gasteiger partial charge in [0.05, 0.1) is 0 Å². The maximum Gasteiger partial charge on any atom is 0.471 e. The van der Waals surface area contributed by atoms with E-state index in [1.165, 1.54) is 0 Å². The summed E-state index contributed by atoms with van der Waals surface area (Å²) >= 11 is 0. The number of halogens is 3. The first kappa shape index (κ1) is 18.5. The molecular formula is C18H18F3N5O2. The molecule has 0 aliphatic carbocycles. The average molecular weight is 393 g/mol. The van der Waals surface area contributed by atoms with E-state index in [0.29, 0.717) is 17.3 Å². The summed E-state index contributed by atoms with van der Waals surface area (Å²) < 4.78 is 47.8. The molecule has 1 aliphatic heterocycles. The van der Waals surface area contributed by atoms with Crippen LogP contribution < -0.4 is 4.90 Å². The molecule has 4 rings (SSSR count). The molecule has 1 aliphatic rings. The standard InChI is InChI=1S/C18H18F3N5O2/c1-10-9-12(6-7-13(10)15-23-17(28-25-15)18(19,20)21)26-8-4-3-5-14(26)16-22-11(2)24-27-16/h6-7,9,14H,3-5,8H2,1-2H3/t14-/m1/s1. The van der Waals surface area contributed by atoms with Crippen molar-refractivity contribution in [3.63, 3.8) is 0 Å². The number of hydrogen-bond donors (Lipinski definition) is 0.